The van der Waals surface area contributed by atoms with Crippen LogP contribution in [-0.2, 0) is 21.1 Å². The normalized spacial score (nSPS) is 16.3. The maximum Gasteiger partial charge on any atom is 0.191 e. The van der Waals surface area contributed by atoms with Crippen molar-refractivity contribution in [1.29, 1.82) is 0 Å². The molecule has 1 aromatic carbocycles. The molecule has 0 radical (unpaired) electrons. The second-order valence-electron chi connectivity index (χ2n) is 7.06. The highest BCUT2D eigenvalue weighted by atomic mass is 127. The number of guanidine groups is 1. The van der Waals surface area contributed by atoms with Gasteiger partial charge in [-0.15, -0.1) is 24.0 Å². The van der Waals surface area contributed by atoms with E-state index < -0.39 is 9.84 Å². The van der Waals surface area contributed by atoms with E-state index in [4.69, 9.17) is 4.74 Å². The molecule has 0 atom stereocenters. The Morgan fingerprint density at radius 1 is 1.24 bits per heavy atom. The number of sulfone groups is 1. The molecule has 166 valence electrons. The van der Waals surface area contributed by atoms with Gasteiger partial charge in [-0.2, -0.15) is 0 Å². The average molecular weight is 542 g/mol. The predicted octanol–water partition coefficient (Wildman–Crippen LogP) is 1.63. The topological polar surface area (TPSA) is 83.0 Å². The summed E-state index contributed by atoms with van der Waals surface area (Å²) in [6.45, 7) is 3.98. The van der Waals surface area contributed by atoms with E-state index >= 15 is 0 Å². The summed E-state index contributed by atoms with van der Waals surface area (Å²) in [5.41, 5.74) is 1.13. The summed E-state index contributed by atoms with van der Waals surface area (Å²) < 4.78 is 40.4. The van der Waals surface area contributed by atoms with E-state index in [0.717, 1.165) is 44.0 Å². The van der Waals surface area contributed by atoms with Gasteiger partial charge in [0.1, 0.15) is 15.7 Å². The third kappa shape index (κ3) is 11.1. The number of hydrogen-bond donors (Lipinski definition) is 2. The van der Waals surface area contributed by atoms with Crippen LogP contribution in [0, 0.1) is 5.82 Å². The number of nitrogens with one attached hydrogen (secondary N) is 2. The van der Waals surface area contributed by atoms with Gasteiger partial charge in [0.25, 0.3) is 0 Å². The van der Waals surface area contributed by atoms with Crippen molar-refractivity contribution in [3.05, 3.63) is 35.6 Å². The van der Waals surface area contributed by atoms with Gasteiger partial charge in [0.05, 0.1) is 19.0 Å². The lowest BCUT2D eigenvalue weighted by molar-refractivity contribution is 0.153. The molecule has 0 aliphatic carbocycles. The van der Waals surface area contributed by atoms with Crippen LogP contribution < -0.4 is 10.6 Å². The van der Waals surface area contributed by atoms with E-state index in [2.05, 4.69) is 20.5 Å². The maximum absolute atomic E-state index is 13.0. The van der Waals surface area contributed by atoms with E-state index in [0.29, 0.717) is 19.2 Å². The fourth-order valence-electron chi connectivity index (χ4n) is 3.03. The highest BCUT2D eigenvalue weighted by Gasteiger charge is 2.20. The van der Waals surface area contributed by atoms with Gasteiger partial charge in [0.2, 0.25) is 0 Å². The third-order valence-electron chi connectivity index (χ3n) is 4.61. The Morgan fingerprint density at radius 2 is 1.90 bits per heavy atom. The molecule has 7 nitrogen and oxygen atoms in total. The molecule has 0 spiro atoms. The largest absolute Gasteiger partial charge is 0.379 e. The molecule has 0 aromatic heterocycles. The summed E-state index contributed by atoms with van der Waals surface area (Å²) >= 11 is 0. The summed E-state index contributed by atoms with van der Waals surface area (Å²) in [7, 11) is -1.25. The van der Waals surface area contributed by atoms with Gasteiger partial charge in [0.15, 0.2) is 5.96 Å². The Kier molecular flexibility index (Phi) is 12.0. The minimum Gasteiger partial charge on any atom is -0.379 e. The number of halogens is 2. The first-order chi connectivity index (χ1) is 13.4. The van der Waals surface area contributed by atoms with Crippen molar-refractivity contribution in [3.63, 3.8) is 0 Å². The van der Waals surface area contributed by atoms with Crippen LogP contribution >= 0.6 is 24.0 Å². The van der Waals surface area contributed by atoms with E-state index in [1.54, 1.807) is 7.05 Å². The smallest absolute Gasteiger partial charge is 0.191 e. The molecule has 29 heavy (non-hydrogen) atoms. The molecule has 2 rings (SSSR count). The van der Waals surface area contributed by atoms with Crippen LogP contribution in [0.25, 0.3) is 0 Å². The molecule has 0 unspecified atom stereocenters. The first kappa shape index (κ1) is 26.1. The van der Waals surface area contributed by atoms with Crippen LogP contribution in [0.4, 0.5) is 4.39 Å². The van der Waals surface area contributed by atoms with Crippen molar-refractivity contribution < 1.29 is 17.5 Å². The standard InChI is InChI=1S/C19H31FN4O3S.HI/c1-21-19(22-9-12-27-13-14-28(2,25)26)23-18-7-10-24(11-8-18)15-16-3-5-17(20)6-4-16;/h3-6,18H,7-15H2,1-2H3,(H2,21,22,23);1H. The maximum atomic E-state index is 13.0. The fraction of sp³-hybridized carbons (Fsp3) is 0.632. The van der Waals surface area contributed by atoms with Gasteiger partial charge < -0.3 is 15.4 Å². The summed E-state index contributed by atoms with van der Waals surface area (Å²) in [5.74, 6) is 0.561. The monoisotopic (exact) mass is 542 g/mol. The molecule has 1 saturated heterocycles. The minimum atomic E-state index is -2.98. The van der Waals surface area contributed by atoms with Gasteiger partial charge in [-0.05, 0) is 30.5 Å². The summed E-state index contributed by atoms with van der Waals surface area (Å²) in [5, 5.41) is 6.61. The zero-order valence-corrected chi connectivity index (χ0v) is 20.2. The molecule has 10 heteroatoms. The van der Waals surface area contributed by atoms with Crippen LogP contribution in [0.15, 0.2) is 29.3 Å². The molecule has 1 aromatic rings. The van der Waals surface area contributed by atoms with Crippen molar-refractivity contribution in [2.24, 2.45) is 4.99 Å². The van der Waals surface area contributed by atoms with Crippen LogP contribution in [0.5, 0.6) is 0 Å². The SMILES string of the molecule is CN=C(NCCOCCS(C)(=O)=O)NC1CCN(Cc2ccc(F)cc2)CC1.I. The second-order valence-corrected chi connectivity index (χ2v) is 9.32. The number of aliphatic imine (C=N–C) groups is 1. The lowest BCUT2D eigenvalue weighted by Crippen LogP contribution is -2.49. The molecule has 0 amide bonds. The molecule has 1 heterocycles. The summed E-state index contributed by atoms with van der Waals surface area (Å²) in [6, 6.07) is 7.03. The van der Waals surface area contributed by atoms with E-state index in [-0.39, 0.29) is 42.2 Å². The highest BCUT2D eigenvalue weighted by molar-refractivity contribution is 14.0. The third-order valence-corrected chi connectivity index (χ3v) is 5.52. The Hall–Kier alpha value is -0.980. The molecule has 1 fully saturated rings. The van der Waals surface area contributed by atoms with Crippen LogP contribution in [-0.4, -0.2) is 77.2 Å². The molecule has 0 bridgehead atoms. The van der Waals surface area contributed by atoms with Crippen molar-refractivity contribution in [2.45, 2.75) is 25.4 Å². The number of nitrogens with zero attached hydrogens (tertiary/aromatic N) is 2. The predicted molar refractivity (Wildman–Crippen MR) is 125 cm³/mol. The van der Waals surface area contributed by atoms with Crippen molar-refractivity contribution >= 4 is 39.8 Å². The lowest BCUT2D eigenvalue weighted by Gasteiger charge is -2.33. The number of ether oxygens (including phenoxy) is 1. The van der Waals surface area contributed by atoms with Crippen LogP contribution in [0.3, 0.4) is 0 Å². The minimum absolute atomic E-state index is 0. The van der Waals surface area contributed by atoms with Gasteiger partial charge in [0, 0.05) is 45.5 Å². The van der Waals surface area contributed by atoms with Gasteiger partial charge in [-0.1, -0.05) is 12.1 Å². The zero-order chi connectivity index (χ0) is 20.4. The highest BCUT2D eigenvalue weighted by Crippen LogP contribution is 2.14. The molecule has 0 saturated carbocycles. The van der Waals surface area contributed by atoms with E-state index in [9.17, 15) is 12.8 Å². The number of benzene rings is 1. The molecular formula is C19H32FIN4O3S. The van der Waals surface area contributed by atoms with E-state index in [1.165, 1.54) is 18.4 Å². The number of likely N-dealkylation sites (tertiary alicyclic amines) is 1. The average Bonchev–Trinajstić information content (AvgIpc) is 2.66. The van der Waals surface area contributed by atoms with E-state index in [1.807, 2.05) is 12.1 Å². The molecule has 1 aliphatic rings. The summed E-state index contributed by atoms with van der Waals surface area (Å²) in [4.78, 5) is 6.60. The Balaban J connectivity index is 0.00000420. The van der Waals surface area contributed by atoms with Crippen LogP contribution in [0.1, 0.15) is 18.4 Å². The zero-order valence-electron chi connectivity index (χ0n) is 17.1. The summed E-state index contributed by atoms with van der Waals surface area (Å²) in [6.07, 6.45) is 3.21. The van der Waals surface area contributed by atoms with Crippen LogP contribution in [0.2, 0.25) is 0 Å². The first-order valence-corrected chi connectivity index (χ1v) is 11.6. The number of rotatable bonds is 9. The van der Waals surface area contributed by atoms with Gasteiger partial charge >= 0.3 is 0 Å². The molecular weight excluding hydrogens is 510 g/mol. The van der Waals surface area contributed by atoms with Crippen molar-refractivity contribution in [2.75, 3.05) is 51.9 Å². The quantitative estimate of drug-likeness (QED) is 0.214. The Labute approximate surface area is 190 Å². The van der Waals surface area contributed by atoms with Crippen molar-refractivity contribution in [3.8, 4) is 0 Å². The molecule has 2 N–H and O–H groups in total. The Morgan fingerprint density at radius 3 is 2.48 bits per heavy atom. The molecule has 1 aliphatic heterocycles. The lowest BCUT2D eigenvalue weighted by atomic mass is 10.0. The second kappa shape index (κ2) is 13.3. The fourth-order valence-corrected chi connectivity index (χ4v) is 3.45. The number of hydrogen-bond acceptors (Lipinski definition) is 5. The van der Waals surface area contributed by atoms with Gasteiger partial charge in [-0.25, -0.2) is 12.8 Å². The number of piperidine rings is 1. The Bertz CT molecular complexity index is 723. The first-order valence-electron chi connectivity index (χ1n) is 9.55. The van der Waals surface area contributed by atoms with Gasteiger partial charge in [-0.3, -0.25) is 9.89 Å². The van der Waals surface area contributed by atoms with Crippen molar-refractivity contribution in [1.82, 2.24) is 15.5 Å².